The zero-order valence-electron chi connectivity index (χ0n) is 12.2. The number of nitrogens with zero attached hydrogens (tertiary/aromatic N) is 1. The molecule has 1 aromatic carbocycles. The number of Topliss-reactive ketones (excluding diaryl/α,β-unsaturated/α-hetero) is 1. The number of hydrogen-bond acceptors (Lipinski definition) is 4. The Morgan fingerprint density at radius 2 is 1.86 bits per heavy atom. The van der Waals surface area contributed by atoms with Crippen LogP contribution in [0, 0.1) is 5.92 Å². The van der Waals surface area contributed by atoms with Gasteiger partial charge in [0.05, 0.1) is 13.5 Å². The number of methoxy groups -OCH3 is 1. The van der Waals surface area contributed by atoms with E-state index in [9.17, 15) is 9.59 Å². The van der Waals surface area contributed by atoms with Crippen molar-refractivity contribution in [3.05, 3.63) is 29.8 Å². The molecule has 0 amide bonds. The van der Waals surface area contributed by atoms with Gasteiger partial charge in [-0.3, -0.25) is 9.59 Å². The van der Waals surface area contributed by atoms with Gasteiger partial charge in [-0.05, 0) is 50.2 Å². The molecule has 1 aromatic rings. The Kier molecular flexibility index (Phi) is 5.33. The molecule has 0 aromatic heterocycles. The highest BCUT2D eigenvalue weighted by atomic mass is 16.5. The first-order valence-corrected chi connectivity index (χ1v) is 7.22. The topological polar surface area (TPSA) is 66.8 Å². The largest absolute Gasteiger partial charge is 0.497 e. The minimum atomic E-state index is -0.930. The van der Waals surface area contributed by atoms with Gasteiger partial charge in [0.25, 0.3) is 0 Å². The molecule has 0 saturated carbocycles. The van der Waals surface area contributed by atoms with Gasteiger partial charge >= 0.3 is 5.97 Å². The van der Waals surface area contributed by atoms with E-state index < -0.39 is 11.9 Å². The Hall–Kier alpha value is -1.88. The smallest absolute Gasteiger partial charge is 0.304 e. The van der Waals surface area contributed by atoms with Crippen molar-refractivity contribution >= 4 is 11.8 Å². The van der Waals surface area contributed by atoms with E-state index in [1.54, 1.807) is 31.4 Å². The summed E-state index contributed by atoms with van der Waals surface area (Å²) in [7, 11) is 1.57. The summed E-state index contributed by atoms with van der Waals surface area (Å²) in [6.45, 7) is 2.43. The predicted octanol–water partition coefficient (Wildman–Crippen LogP) is 2.06. The summed E-state index contributed by atoms with van der Waals surface area (Å²) in [5.41, 5.74) is 0.543. The van der Waals surface area contributed by atoms with Gasteiger partial charge < -0.3 is 14.7 Å². The number of carboxylic acids is 1. The fraction of sp³-hybridized carbons (Fsp3) is 0.500. The zero-order valence-corrected chi connectivity index (χ0v) is 12.2. The number of hydrogen-bond donors (Lipinski definition) is 1. The van der Waals surface area contributed by atoms with Gasteiger partial charge in [0.15, 0.2) is 5.78 Å². The van der Waals surface area contributed by atoms with Crippen LogP contribution in [0.2, 0.25) is 0 Å². The van der Waals surface area contributed by atoms with Gasteiger partial charge in [0, 0.05) is 18.0 Å². The minimum absolute atomic E-state index is 0.105. The van der Waals surface area contributed by atoms with Crippen LogP contribution in [-0.4, -0.2) is 48.5 Å². The van der Waals surface area contributed by atoms with Crippen LogP contribution < -0.4 is 4.74 Å². The van der Waals surface area contributed by atoms with Crippen LogP contribution in [0.4, 0.5) is 0 Å². The summed E-state index contributed by atoms with van der Waals surface area (Å²) in [5.74, 6) is -0.845. The number of carbonyl (C=O) groups is 2. The average Bonchev–Trinajstić information content (AvgIpc) is 2.98. The normalized spacial score (nSPS) is 16.6. The van der Waals surface area contributed by atoms with Crippen molar-refractivity contribution in [2.45, 2.75) is 19.3 Å². The molecular formula is C16H21NO4. The number of benzene rings is 1. The molecule has 2 rings (SSSR count). The van der Waals surface area contributed by atoms with Gasteiger partial charge in [-0.2, -0.15) is 0 Å². The second kappa shape index (κ2) is 7.22. The number of carbonyl (C=O) groups excluding carboxylic acids is 1. The summed E-state index contributed by atoms with van der Waals surface area (Å²) in [6.07, 6.45) is 2.12. The molecular weight excluding hydrogens is 270 g/mol. The first kappa shape index (κ1) is 15.5. The highest BCUT2D eigenvalue weighted by Crippen LogP contribution is 2.19. The van der Waals surface area contributed by atoms with Crippen molar-refractivity contribution < 1.29 is 19.4 Å². The molecule has 1 saturated heterocycles. The predicted molar refractivity (Wildman–Crippen MR) is 78.7 cm³/mol. The second-order valence-corrected chi connectivity index (χ2v) is 5.40. The Bertz CT molecular complexity index is 492. The van der Waals surface area contributed by atoms with Crippen LogP contribution in [-0.2, 0) is 4.79 Å². The molecule has 0 bridgehead atoms. The Morgan fingerprint density at radius 3 is 2.38 bits per heavy atom. The average molecular weight is 291 g/mol. The van der Waals surface area contributed by atoms with E-state index in [2.05, 4.69) is 4.90 Å². The summed E-state index contributed by atoms with van der Waals surface area (Å²) in [5, 5.41) is 9.05. The second-order valence-electron chi connectivity index (χ2n) is 5.40. The van der Waals surface area contributed by atoms with E-state index in [-0.39, 0.29) is 12.2 Å². The van der Waals surface area contributed by atoms with Crippen LogP contribution in [0.15, 0.2) is 24.3 Å². The molecule has 1 unspecified atom stereocenters. The third kappa shape index (κ3) is 4.29. The van der Waals surface area contributed by atoms with Crippen LogP contribution >= 0.6 is 0 Å². The summed E-state index contributed by atoms with van der Waals surface area (Å²) in [4.78, 5) is 25.7. The van der Waals surface area contributed by atoms with E-state index in [0.717, 1.165) is 25.9 Å². The third-order valence-corrected chi connectivity index (χ3v) is 3.84. The highest BCUT2D eigenvalue weighted by Gasteiger charge is 2.26. The Balaban J connectivity index is 2.09. The maximum atomic E-state index is 12.5. The lowest BCUT2D eigenvalue weighted by Crippen LogP contribution is -2.32. The molecule has 1 atom stereocenters. The minimum Gasteiger partial charge on any atom is -0.497 e. The van der Waals surface area contributed by atoms with Crippen molar-refractivity contribution in [3.8, 4) is 5.75 Å². The first-order valence-electron chi connectivity index (χ1n) is 7.22. The van der Waals surface area contributed by atoms with Crippen molar-refractivity contribution in [2.24, 2.45) is 5.92 Å². The fourth-order valence-corrected chi connectivity index (χ4v) is 2.72. The lowest BCUT2D eigenvalue weighted by atomic mass is 9.94. The van der Waals surface area contributed by atoms with Crippen molar-refractivity contribution in [1.82, 2.24) is 4.90 Å². The van der Waals surface area contributed by atoms with Crippen LogP contribution in [0.1, 0.15) is 29.6 Å². The molecule has 5 nitrogen and oxygen atoms in total. The zero-order chi connectivity index (χ0) is 15.2. The fourth-order valence-electron chi connectivity index (χ4n) is 2.72. The maximum absolute atomic E-state index is 12.5. The van der Waals surface area contributed by atoms with E-state index in [1.165, 1.54) is 0 Å². The van der Waals surface area contributed by atoms with Crippen LogP contribution in [0.3, 0.4) is 0 Å². The van der Waals surface area contributed by atoms with Gasteiger partial charge in [0.1, 0.15) is 5.75 Å². The molecule has 21 heavy (non-hydrogen) atoms. The lowest BCUT2D eigenvalue weighted by molar-refractivity contribution is -0.137. The van der Waals surface area contributed by atoms with Gasteiger partial charge in [-0.15, -0.1) is 0 Å². The quantitative estimate of drug-likeness (QED) is 0.779. The van der Waals surface area contributed by atoms with E-state index >= 15 is 0 Å². The number of rotatable bonds is 7. The van der Waals surface area contributed by atoms with Crippen LogP contribution in [0.25, 0.3) is 0 Å². The molecule has 1 N–H and O–H groups in total. The van der Waals surface area contributed by atoms with Gasteiger partial charge in [-0.25, -0.2) is 0 Å². The first-order chi connectivity index (χ1) is 10.1. The van der Waals surface area contributed by atoms with Crippen LogP contribution in [0.5, 0.6) is 5.75 Å². The van der Waals surface area contributed by atoms with E-state index in [0.29, 0.717) is 17.9 Å². The third-order valence-electron chi connectivity index (χ3n) is 3.84. The van der Waals surface area contributed by atoms with Gasteiger partial charge in [0.2, 0.25) is 0 Å². The van der Waals surface area contributed by atoms with Gasteiger partial charge in [-0.1, -0.05) is 0 Å². The summed E-state index contributed by atoms with van der Waals surface area (Å²) in [6, 6.07) is 6.84. The number of ether oxygens (including phenoxy) is 1. The van der Waals surface area contributed by atoms with E-state index in [4.69, 9.17) is 9.84 Å². The molecule has 0 spiro atoms. The Labute approximate surface area is 124 Å². The molecule has 1 aliphatic rings. The van der Waals surface area contributed by atoms with Crippen molar-refractivity contribution in [1.29, 1.82) is 0 Å². The summed E-state index contributed by atoms with van der Waals surface area (Å²) >= 11 is 0. The molecule has 0 aliphatic carbocycles. The molecule has 0 radical (unpaired) electrons. The molecule has 1 heterocycles. The summed E-state index contributed by atoms with van der Waals surface area (Å²) < 4.78 is 5.07. The highest BCUT2D eigenvalue weighted by molar-refractivity contribution is 5.99. The van der Waals surface area contributed by atoms with E-state index in [1.807, 2.05) is 0 Å². The number of ketones is 1. The molecule has 114 valence electrons. The van der Waals surface area contributed by atoms with Crippen molar-refractivity contribution in [2.75, 3.05) is 26.7 Å². The standard InChI is InChI=1S/C16H21NO4/c1-21-14-6-4-12(5-7-14)16(20)13(10-15(18)19)11-17-8-2-3-9-17/h4-7,13H,2-3,8-11H2,1H3,(H,18,19). The Morgan fingerprint density at radius 1 is 1.24 bits per heavy atom. The molecule has 5 heteroatoms. The molecule has 1 aliphatic heterocycles. The number of carboxylic acid groups (broad SMARTS) is 1. The number of likely N-dealkylation sites (tertiary alicyclic amines) is 1. The van der Waals surface area contributed by atoms with Crippen molar-refractivity contribution in [3.63, 3.8) is 0 Å². The molecule has 1 fully saturated rings. The lowest BCUT2D eigenvalue weighted by Gasteiger charge is -2.21. The monoisotopic (exact) mass is 291 g/mol. The number of aliphatic carboxylic acids is 1. The maximum Gasteiger partial charge on any atom is 0.304 e. The SMILES string of the molecule is COc1ccc(C(=O)C(CC(=O)O)CN2CCCC2)cc1.